The van der Waals surface area contributed by atoms with Gasteiger partial charge >= 0.3 is 0 Å². The standard InChI is InChI=1S/C15H23NS/c1-3-17-11-12(2)16-15-9-8-13-6-4-5-7-14(13)10-15/h4-7,12,15-16H,3,8-11H2,1-2H3. The molecule has 0 saturated carbocycles. The number of aryl methyl sites for hydroxylation is 1. The smallest absolute Gasteiger partial charge is 0.0132 e. The van der Waals surface area contributed by atoms with Gasteiger partial charge in [0.25, 0.3) is 0 Å². The summed E-state index contributed by atoms with van der Waals surface area (Å²) in [7, 11) is 0. The maximum absolute atomic E-state index is 3.77. The Morgan fingerprint density at radius 3 is 2.88 bits per heavy atom. The molecule has 2 rings (SSSR count). The van der Waals surface area contributed by atoms with Crippen molar-refractivity contribution in [3.8, 4) is 0 Å². The van der Waals surface area contributed by atoms with E-state index in [4.69, 9.17) is 0 Å². The summed E-state index contributed by atoms with van der Waals surface area (Å²) in [4.78, 5) is 0. The highest BCUT2D eigenvalue weighted by Gasteiger charge is 2.19. The number of hydrogen-bond acceptors (Lipinski definition) is 2. The Balaban J connectivity index is 1.85. The van der Waals surface area contributed by atoms with E-state index in [9.17, 15) is 0 Å². The Bertz CT molecular complexity index is 351. The summed E-state index contributed by atoms with van der Waals surface area (Å²) in [6.07, 6.45) is 3.73. The zero-order valence-electron chi connectivity index (χ0n) is 10.9. The van der Waals surface area contributed by atoms with Gasteiger partial charge in [-0.1, -0.05) is 31.2 Å². The number of benzene rings is 1. The van der Waals surface area contributed by atoms with Crippen molar-refractivity contribution in [2.45, 2.75) is 45.2 Å². The molecule has 0 aliphatic heterocycles. The number of fused-ring (bicyclic) bond motifs is 1. The monoisotopic (exact) mass is 249 g/mol. The summed E-state index contributed by atoms with van der Waals surface area (Å²) in [5.41, 5.74) is 3.10. The van der Waals surface area contributed by atoms with Crippen molar-refractivity contribution < 1.29 is 0 Å². The van der Waals surface area contributed by atoms with Gasteiger partial charge in [-0.3, -0.25) is 0 Å². The van der Waals surface area contributed by atoms with E-state index >= 15 is 0 Å². The summed E-state index contributed by atoms with van der Waals surface area (Å²) < 4.78 is 0. The zero-order chi connectivity index (χ0) is 12.1. The number of thioether (sulfide) groups is 1. The molecule has 1 aromatic rings. The van der Waals surface area contributed by atoms with Crippen LogP contribution in [0.25, 0.3) is 0 Å². The van der Waals surface area contributed by atoms with E-state index in [-0.39, 0.29) is 0 Å². The van der Waals surface area contributed by atoms with Crippen molar-refractivity contribution in [2.24, 2.45) is 0 Å². The summed E-state index contributed by atoms with van der Waals surface area (Å²) in [5.74, 6) is 2.45. The molecule has 2 heteroatoms. The van der Waals surface area contributed by atoms with E-state index in [1.165, 1.54) is 30.8 Å². The van der Waals surface area contributed by atoms with Crippen LogP contribution in [0.1, 0.15) is 31.4 Å². The number of rotatable bonds is 5. The maximum atomic E-state index is 3.77. The molecule has 0 spiro atoms. The van der Waals surface area contributed by atoms with Gasteiger partial charge in [-0.25, -0.2) is 0 Å². The molecule has 2 unspecified atom stereocenters. The maximum Gasteiger partial charge on any atom is 0.0132 e. The molecule has 1 nitrogen and oxygen atoms in total. The molecule has 0 saturated heterocycles. The van der Waals surface area contributed by atoms with Crippen LogP contribution in [0.4, 0.5) is 0 Å². The Labute approximate surface area is 109 Å². The number of nitrogens with one attached hydrogen (secondary N) is 1. The van der Waals surface area contributed by atoms with E-state index in [0.29, 0.717) is 12.1 Å². The lowest BCUT2D eigenvalue weighted by molar-refractivity contribution is 0.424. The first kappa shape index (κ1) is 13.0. The molecule has 0 heterocycles. The first-order valence-electron chi connectivity index (χ1n) is 6.70. The average molecular weight is 249 g/mol. The lowest BCUT2D eigenvalue weighted by Gasteiger charge is -2.28. The fraction of sp³-hybridized carbons (Fsp3) is 0.600. The molecule has 1 N–H and O–H groups in total. The van der Waals surface area contributed by atoms with Gasteiger partial charge < -0.3 is 5.32 Å². The molecule has 1 aromatic carbocycles. The summed E-state index contributed by atoms with van der Waals surface area (Å²) in [6, 6.07) is 10.2. The minimum atomic E-state index is 0.634. The van der Waals surface area contributed by atoms with E-state index in [1.807, 2.05) is 11.8 Å². The highest BCUT2D eigenvalue weighted by Crippen LogP contribution is 2.21. The third-order valence-corrected chi connectivity index (χ3v) is 4.58. The van der Waals surface area contributed by atoms with Crippen LogP contribution in [-0.4, -0.2) is 23.6 Å². The molecule has 0 aromatic heterocycles. The van der Waals surface area contributed by atoms with Crippen LogP contribution in [-0.2, 0) is 12.8 Å². The van der Waals surface area contributed by atoms with Crippen LogP contribution in [0.15, 0.2) is 24.3 Å². The Hall–Kier alpha value is -0.470. The molecular formula is C15H23NS. The normalized spacial score (nSPS) is 20.9. The van der Waals surface area contributed by atoms with E-state index in [0.717, 1.165) is 0 Å². The minimum Gasteiger partial charge on any atom is -0.310 e. The zero-order valence-corrected chi connectivity index (χ0v) is 11.7. The van der Waals surface area contributed by atoms with Gasteiger partial charge in [0.2, 0.25) is 0 Å². The molecule has 94 valence electrons. The lowest BCUT2D eigenvalue weighted by atomic mass is 9.88. The second kappa shape index (κ2) is 6.46. The van der Waals surface area contributed by atoms with Crippen LogP contribution < -0.4 is 5.32 Å². The van der Waals surface area contributed by atoms with Crippen LogP contribution in [0, 0.1) is 0 Å². The van der Waals surface area contributed by atoms with E-state index in [1.54, 1.807) is 11.1 Å². The average Bonchev–Trinajstić information content (AvgIpc) is 2.36. The topological polar surface area (TPSA) is 12.0 Å². The van der Waals surface area contributed by atoms with Gasteiger partial charge in [0.15, 0.2) is 0 Å². The summed E-state index contributed by atoms with van der Waals surface area (Å²) >= 11 is 2.03. The van der Waals surface area contributed by atoms with Crippen LogP contribution in [0.3, 0.4) is 0 Å². The van der Waals surface area contributed by atoms with Crippen molar-refractivity contribution >= 4 is 11.8 Å². The SMILES string of the molecule is CCSCC(C)NC1CCc2ccccc2C1. The quantitative estimate of drug-likeness (QED) is 0.859. The van der Waals surface area contributed by atoms with Gasteiger partial charge in [0, 0.05) is 17.8 Å². The Morgan fingerprint density at radius 1 is 1.35 bits per heavy atom. The van der Waals surface area contributed by atoms with Crippen molar-refractivity contribution in [3.63, 3.8) is 0 Å². The predicted octanol–water partition coefficient (Wildman–Crippen LogP) is 3.28. The van der Waals surface area contributed by atoms with Crippen LogP contribution in [0.5, 0.6) is 0 Å². The molecule has 2 atom stereocenters. The van der Waals surface area contributed by atoms with Crippen LogP contribution >= 0.6 is 11.8 Å². The van der Waals surface area contributed by atoms with Crippen molar-refractivity contribution in [1.29, 1.82) is 0 Å². The number of hydrogen-bond donors (Lipinski definition) is 1. The highest BCUT2D eigenvalue weighted by molar-refractivity contribution is 7.99. The Kier molecular flexibility index (Phi) is 4.93. The molecule has 0 fully saturated rings. The minimum absolute atomic E-state index is 0.634. The van der Waals surface area contributed by atoms with Crippen molar-refractivity contribution in [1.82, 2.24) is 5.32 Å². The van der Waals surface area contributed by atoms with Gasteiger partial charge in [0.05, 0.1) is 0 Å². The first-order chi connectivity index (χ1) is 8.29. The van der Waals surface area contributed by atoms with Gasteiger partial charge in [0.1, 0.15) is 0 Å². The summed E-state index contributed by atoms with van der Waals surface area (Å²) in [5, 5.41) is 3.77. The third kappa shape index (κ3) is 3.75. The van der Waals surface area contributed by atoms with E-state index in [2.05, 4.69) is 43.4 Å². The fourth-order valence-corrected chi connectivity index (χ4v) is 3.27. The molecule has 0 radical (unpaired) electrons. The van der Waals surface area contributed by atoms with Crippen molar-refractivity contribution in [3.05, 3.63) is 35.4 Å². The second-order valence-electron chi connectivity index (χ2n) is 4.94. The molecule has 0 amide bonds. The summed E-state index contributed by atoms with van der Waals surface area (Å²) in [6.45, 7) is 4.54. The Morgan fingerprint density at radius 2 is 2.12 bits per heavy atom. The third-order valence-electron chi connectivity index (χ3n) is 3.44. The van der Waals surface area contributed by atoms with Gasteiger partial charge in [-0.15, -0.1) is 0 Å². The molecule has 17 heavy (non-hydrogen) atoms. The highest BCUT2D eigenvalue weighted by atomic mass is 32.2. The van der Waals surface area contributed by atoms with E-state index < -0.39 is 0 Å². The first-order valence-corrected chi connectivity index (χ1v) is 7.85. The lowest BCUT2D eigenvalue weighted by Crippen LogP contribution is -2.41. The predicted molar refractivity (Wildman–Crippen MR) is 77.9 cm³/mol. The molecule has 1 aliphatic carbocycles. The molecule has 1 aliphatic rings. The molecule has 0 bridgehead atoms. The van der Waals surface area contributed by atoms with Gasteiger partial charge in [-0.05, 0) is 43.1 Å². The second-order valence-corrected chi connectivity index (χ2v) is 6.25. The van der Waals surface area contributed by atoms with Crippen molar-refractivity contribution in [2.75, 3.05) is 11.5 Å². The fourth-order valence-electron chi connectivity index (χ4n) is 2.59. The largest absolute Gasteiger partial charge is 0.310 e. The van der Waals surface area contributed by atoms with Crippen LogP contribution in [0.2, 0.25) is 0 Å². The molecular weight excluding hydrogens is 226 g/mol. The van der Waals surface area contributed by atoms with Gasteiger partial charge in [-0.2, -0.15) is 11.8 Å².